The number of pyridine rings is 2. The van der Waals surface area contributed by atoms with Crippen LogP contribution in [0.3, 0.4) is 0 Å². The van der Waals surface area contributed by atoms with Crippen molar-refractivity contribution < 1.29 is 30.0 Å². The molecule has 1 aromatic carbocycles. The van der Waals surface area contributed by atoms with Gasteiger partial charge in [0.1, 0.15) is 0 Å². The molecule has 0 bridgehead atoms. The van der Waals surface area contributed by atoms with Gasteiger partial charge in [-0.25, -0.2) is 0 Å². The minimum absolute atomic E-state index is 0. The molecule has 1 radical (unpaired) electrons. The van der Waals surface area contributed by atoms with Crippen LogP contribution in [-0.4, -0.2) is 25.4 Å². The molecule has 5 aromatic rings. The Labute approximate surface area is 186 Å². The third kappa shape index (κ3) is 4.17. The minimum atomic E-state index is -0.125. The summed E-state index contributed by atoms with van der Waals surface area (Å²) in [5, 5.41) is 11.8. The van der Waals surface area contributed by atoms with E-state index < -0.39 is 0 Å². The van der Waals surface area contributed by atoms with Crippen molar-refractivity contribution in [3.63, 3.8) is 0 Å². The first-order valence-electron chi connectivity index (χ1n) is 9.14. The maximum Gasteiger partial charge on any atom is 0.155 e. The zero-order valence-electron chi connectivity index (χ0n) is 16.4. The topological polar surface area (TPSA) is 82.1 Å². The van der Waals surface area contributed by atoms with Gasteiger partial charge in [-0.3, -0.25) is 14.8 Å². The number of hydrogen-bond donors (Lipinski definition) is 1. The van der Waals surface area contributed by atoms with Crippen LogP contribution >= 0.6 is 0 Å². The van der Waals surface area contributed by atoms with Gasteiger partial charge in [-0.2, -0.15) is 0 Å². The van der Waals surface area contributed by atoms with Crippen molar-refractivity contribution >= 4 is 38.6 Å². The van der Waals surface area contributed by atoms with Gasteiger partial charge in [0.25, 0.3) is 0 Å². The van der Waals surface area contributed by atoms with Crippen LogP contribution in [-0.2, 0) is 24.9 Å². The number of aromatic nitrogens is 4. The van der Waals surface area contributed by atoms with Crippen LogP contribution in [0.5, 0.6) is 0 Å². The van der Waals surface area contributed by atoms with Crippen LogP contribution < -0.4 is 4.98 Å². The Morgan fingerprint density at radius 3 is 2.53 bits per heavy atom. The monoisotopic (exact) mass is 576 g/mol. The van der Waals surface area contributed by atoms with Gasteiger partial charge in [0.2, 0.25) is 0 Å². The number of carbonyl (C=O) groups is 1. The molecule has 0 aliphatic carbocycles. The molecule has 0 saturated carbocycles. The Balaban J connectivity index is 0.000000281. The zero-order valence-corrected chi connectivity index (χ0v) is 18.8. The second-order valence-electron chi connectivity index (χ2n) is 6.67. The molecule has 0 unspecified atom stereocenters. The summed E-state index contributed by atoms with van der Waals surface area (Å²) in [6, 6.07) is 16.5. The summed E-state index contributed by atoms with van der Waals surface area (Å²) in [6.45, 7) is 2.85. The van der Waals surface area contributed by atoms with Gasteiger partial charge in [0.15, 0.2) is 5.78 Å². The average Bonchev–Trinajstić information content (AvgIpc) is 3.26. The molecule has 6 nitrogen and oxygen atoms in total. The maximum absolute atomic E-state index is 10.0. The molecule has 0 atom stereocenters. The van der Waals surface area contributed by atoms with Crippen LogP contribution in [0, 0.1) is 0 Å². The Morgan fingerprint density at radius 1 is 1.07 bits per heavy atom. The molecule has 0 saturated heterocycles. The summed E-state index contributed by atoms with van der Waals surface area (Å²) < 4.78 is 2.12. The Kier molecular flexibility index (Phi) is 6.45. The molecule has 0 spiro atoms. The number of benzene rings is 1. The molecule has 0 aliphatic rings. The fraction of sp³-hybridized carbons (Fsp3) is 0.0870. The van der Waals surface area contributed by atoms with Crippen molar-refractivity contribution in [2.45, 2.75) is 13.8 Å². The van der Waals surface area contributed by atoms with Crippen LogP contribution in [0.15, 0.2) is 79.0 Å². The van der Waals surface area contributed by atoms with E-state index in [-0.39, 0.29) is 31.6 Å². The van der Waals surface area contributed by atoms with E-state index in [9.17, 15) is 4.79 Å². The summed E-state index contributed by atoms with van der Waals surface area (Å²) in [5.41, 5.74) is 2.95. The largest absolute Gasteiger partial charge is 0.512 e. The number of aliphatic hydroxyl groups is 1. The van der Waals surface area contributed by atoms with E-state index >= 15 is 0 Å². The molecule has 7 heteroatoms. The fourth-order valence-electron chi connectivity index (χ4n) is 3.34. The molecule has 4 heterocycles. The van der Waals surface area contributed by atoms with Crippen LogP contribution in [0.2, 0.25) is 0 Å². The van der Waals surface area contributed by atoms with Crippen molar-refractivity contribution in [1.82, 2.24) is 19.5 Å². The van der Waals surface area contributed by atoms with Gasteiger partial charge in [-0.15, -0.1) is 0 Å². The molecule has 0 amide bonds. The van der Waals surface area contributed by atoms with E-state index in [2.05, 4.69) is 44.9 Å². The van der Waals surface area contributed by atoms with E-state index in [1.807, 2.05) is 24.4 Å². The number of fused-ring (bicyclic) bond motifs is 4. The van der Waals surface area contributed by atoms with Crippen molar-refractivity contribution in [3.05, 3.63) is 79.0 Å². The smallest absolute Gasteiger partial charge is 0.155 e. The van der Waals surface area contributed by atoms with E-state index in [1.165, 1.54) is 25.3 Å². The Bertz CT molecular complexity index is 1280. The molecule has 1 N–H and O–H groups in total. The number of para-hydroxylation sites is 1. The quantitative estimate of drug-likeness (QED) is 0.243. The second-order valence-corrected chi connectivity index (χ2v) is 6.67. The molecule has 30 heavy (non-hydrogen) atoms. The third-order valence-corrected chi connectivity index (χ3v) is 4.43. The molecular weight excluding hydrogens is 556 g/mol. The average molecular weight is 576 g/mol. The van der Waals surface area contributed by atoms with Gasteiger partial charge >= 0.3 is 0 Å². The first-order valence-corrected chi connectivity index (χ1v) is 9.14. The van der Waals surface area contributed by atoms with Crippen LogP contribution in [0.4, 0.5) is 0 Å². The van der Waals surface area contributed by atoms with E-state index in [0.29, 0.717) is 0 Å². The van der Waals surface area contributed by atoms with Crippen LogP contribution in [0.25, 0.3) is 38.7 Å². The summed E-state index contributed by atoms with van der Waals surface area (Å²) in [5.74, 6) is 0.820. The third-order valence-electron chi connectivity index (χ3n) is 4.43. The molecule has 0 fully saturated rings. The normalized spacial score (nSPS) is 11.2. The molecule has 0 aliphatic heterocycles. The van der Waals surface area contributed by atoms with Gasteiger partial charge in [0.05, 0.1) is 11.4 Å². The molecule has 5 rings (SSSR count). The van der Waals surface area contributed by atoms with Crippen molar-refractivity contribution in [3.8, 4) is 5.82 Å². The molecular formula is C23H19IrN4O2-. The number of nitrogens with zero attached hydrogens (tertiary/aromatic N) is 4. The minimum Gasteiger partial charge on any atom is -0.512 e. The van der Waals surface area contributed by atoms with Crippen LogP contribution in [0.1, 0.15) is 13.8 Å². The fourth-order valence-corrected chi connectivity index (χ4v) is 3.34. The predicted molar refractivity (Wildman–Crippen MR) is 114 cm³/mol. The number of rotatable bonds is 2. The maximum atomic E-state index is 10.0. The van der Waals surface area contributed by atoms with Crippen molar-refractivity contribution in [2.75, 3.05) is 0 Å². The number of hydrogen-bond acceptors (Lipinski definition) is 4. The van der Waals surface area contributed by atoms with Gasteiger partial charge in [0, 0.05) is 50.2 Å². The van der Waals surface area contributed by atoms with Crippen molar-refractivity contribution in [1.29, 1.82) is 0 Å². The zero-order chi connectivity index (χ0) is 20.4. The van der Waals surface area contributed by atoms with E-state index in [4.69, 9.17) is 10.1 Å². The Morgan fingerprint density at radius 2 is 1.83 bits per heavy atom. The number of allylic oxidation sites excluding steroid dienone is 2. The summed E-state index contributed by atoms with van der Waals surface area (Å²) >= 11 is 0. The predicted octanol–water partition coefficient (Wildman–Crippen LogP) is 4.72. The van der Waals surface area contributed by atoms with Gasteiger partial charge in [-0.1, -0.05) is 42.2 Å². The second kappa shape index (κ2) is 9.03. The summed E-state index contributed by atoms with van der Waals surface area (Å²) in [7, 11) is 0. The number of carbonyl (C=O) groups excluding carboxylic acids is 1. The Hall–Kier alpha value is -3.28. The van der Waals surface area contributed by atoms with Gasteiger partial charge < -0.3 is 14.7 Å². The van der Waals surface area contributed by atoms with E-state index in [0.717, 1.165) is 33.3 Å². The number of aliphatic hydroxyl groups excluding tert-OH is 1. The number of ketones is 1. The molecule has 153 valence electrons. The first-order chi connectivity index (χ1) is 14.0. The first kappa shape index (κ1) is 21.4. The summed E-state index contributed by atoms with van der Waals surface area (Å²) in [6.07, 6.45) is 6.57. The van der Waals surface area contributed by atoms with E-state index in [1.54, 1.807) is 12.4 Å². The van der Waals surface area contributed by atoms with Gasteiger partial charge in [-0.05, 0) is 47.8 Å². The summed E-state index contributed by atoms with van der Waals surface area (Å²) in [4.78, 5) is 23.5. The standard InChI is InChI=1S/C18H11N4.C5H8O2.Ir/c1-2-6-16-13(4-1)14-5-3-8-20-18(14)22(16)17-10-12-7-9-19-11-15(12)21-17;1-4(6)3-5(2)7;/h1-11H;3,6H,1-2H3;/q-1;;/b;4-3-;. The SMILES string of the molecule is CC(=O)/C=C(/C)O.[Ir].c1ccc2c(c1)c1cccnc1n2-c1cc2ccncc2[n-]1. The van der Waals surface area contributed by atoms with Crippen molar-refractivity contribution in [2.24, 2.45) is 0 Å². The molecule has 4 aromatic heterocycles.